The Morgan fingerprint density at radius 1 is 0.423 bits per heavy atom. The molecule has 0 bridgehead atoms. The second-order valence-corrected chi connectivity index (χ2v) is 13.3. The average Bonchev–Trinajstić information content (AvgIpc) is 3.87. The van der Waals surface area contributed by atoms with Gasteiger partial charge in [-0.05, 0) is 83.4 Å². The van der Waals surface area contributed by atoms with Gasteiger partial charge in [-0.2, -0.15) is 9.97 Å². The predicted molar refractivity (Wildman–Crippen MR) is 210 cm³/mol. The minimum Gasteiger partial charge on any atom is -0.456 e. The van der Waals surface area contributed by atoms with E-state index in [9.17, 15) is 0 Å². The van der Waals surface area contributed by atoms with Crippen LogP contribution in [0, 0.1) is 0 Å². The Hall–Kier alpha value is -6.76. The highest BCUT2D eigenvalue weighted by atomic mass is 35.5. The smallest absolute Gasteiger partial charge is 0.226 e. The van der Waals surface area contributed by atoms with Crippen LogP contribution < -0.4 is 0 Å². The molecule has 0 spiro atoms. The number of hydrogen-bond donors (Lipinski definition) is 0. The van der Waals surface area contributed by atoms with Gasteiger partial charge in [0.1, 0.15) is 22.3 Å². The van der Waals surface area contributed by atoms with Crippen molar-refractivity contribution < 1.29 is 8.83 Å². The SMILES string of the molecule is Clc1nc(-c2cccc3oc4ccccc4c23)nc(-c2cccc3oc4ccc(-c5ccc6c(c5)c5ccccc5n6-c5ccccc5)cc4c23)n1. The lowest BCUT2D eigenvalue weighted by atomic mass is 9.99. The molecule has 0 saturated heterocycles. The van der Waals surface area contributed by atoms with Crippen molar-refractivity contribution in [3.05, 3.63) is 157 Å². The van der Waals surface area contributed by atoms with Crippen molar-refractivity contribution in [1.82, 2.24) is 19.5 Å². The molecule has 0 atom stereocenters. The van der Waals surface area contributed by atoms with Crippen LogP contribution in [0.4, 0.5) is 0 Å². The molecule has 4 aromatic heterocycles. The summed E-state index contributed by atoms with van der Waals surface area (Å²) < 4.78 is 14.9. The van der Waals surface area contributed by atoms with Crippen LogP contribution in [-0.2, 0) is 0 Å². The van der Waals surface area contributed by atoms with Gasteiger partial charge in [0.2, 0.25) is 5.28 Å². The Bertz CT molecular complexity index is 3210. The van der Waals surface area contributed by atoms with E-state index in [0.717, 1.165) is 77.3 Å². The summed E-state index contributed by atoms with van der Waals surface area (Å²) in [5.41, 5.74) is 10.4. The van der Waals surface area contributed by atoms with Crippen molar-refractivity contribution in [1.29, 1.82) is 0 Å². The highest BCUT2D eigenvalue weighted by Crippen LogP contribution is 2.41. The molecule has 0 saturated carbocycles. The third kappa shape index (κ3) is 4.35. The Labute approximate surface area is 301 Å². The van der Waals surface area contributed by atoms with E-state index in [-0.39, 0.29) is 5.28 Å². The second-order valence-electron chi connectivity index (χ2n) is 12.9. The number of para-hydroxylation sites is 3. The molecule has 6 nitrogen and oxygen atoms in total. The van der Waals surface area contributed by atoms with Crippen LogP contribution in [0.2, 0.25) is 5.28 Å². The summed E-state index contributed by atoms with van der Waals surface area (Å²) in [6, 6.07) is 52.0. The molecule has 52 heavy (non-hydrogen) atoms. The van der Waals surface area contributed by atoms with Gasteiger partial charge in [0, 0.05) is 49.1 Å². The Morgan fingerprint density at radius 3 is 1.73 bits per heavy atom. The van der Waals surface area contributed by atoms with Gasteiger partial charge < -0.3 is 13.4 Å². The van der Waals surface area contributed by atoms with Gasteiger partial charge in [-0.3, -0.25) is 0 Å². The number of halogens is 1. The maximum Gasteiger partial charge on any atom is 0.226 e. The lowest BCUT2D eigenvalue weighted by Gasteiger charge is -2.08. The summed E-state index contributed by atoms with van der Waals surface area (Å²) in [6.07, 6.45) is 0. The van der Waals surface area contributed by atoms with Crippen molar-refractivity contribution in [3.63, 3.8) is 0 Å². The maximum atomic E-state index is 6.66. The van der Waals surface area contributed by atoms with Crippen LogP contribution in [0.25, 0.3) is 105 Å². The molecule has 0 aliphatic rings. The fourth-order valence-electron chi connectivity index (χ4n) is 7.75. The third-order valence-electron chi connectivity index (χ3n) is 10.0. The predicted octanol–water partition coefficient (Wildman–Crippen LogP) is 12.4. The first kappa shape index (κ1) is 29.0. The first-order valence-electron chi connectivity index (χ1n) is 17.0. The van der Waals surface area contributed by atoms with Crippen LogP contribution in [0.3, 0.4) is 0 Å². The van der Waals surface area contributed by atoms with Crippen molar-refractivity contribution >= 4 is 77.3 Å². The zero-order chi connectivity index (χ0) is 34.3. The highest BCUT2D eigenvalue weighted by molar-refractivity contribution is 6.28. The summed E-state index contributed by atoms with van der Waals surface area (Å²) >= 11 is 6.66. The second kappa shape index (κ2) is 11.1. The minimum absolute atomic E-state index is 0.110. The molecule has 0 fully saturated rings. The molecule has 7 heteroatoms. The molecule has 0 N–H and O–H groups in total. The summed E-state index contributed by atoms with van der Waals surface area (Å²) in [4.78, 5) is 14.3. The number of rotatable bonds is 4. The van der Waals surface area contributed by atoms with Gasteiger partial charge in [-0.1, -0.05) is 91.0 Å². The van der Waals surface area contributed by atoms with Crippen LogP contribution >= 0.6 is 11.6 Å². The summed E-state index contributed by atoms with van der Waals surface area (Å²) in [5, 5.41) is 6.33. The third-order valence-corrected chi connectivity index (χ3v) is 10.2. The quantitative estimate of drug-likeness (QED) is 0.184. The topological polar surface area (TPSA) is 69.9 Å². The van der Waals surface area contributed by atoms with E-state index in [2.05, 4.69) is 93.4 Å². The Kier molecular flexibility index (Phi) is 6.21. The molecule has 0 radical (unpaired) electrons. The molecule has 0 aliphatic heterocycles. The normalized spacial score (nSPS) is 11.9. The van der Waals surface area contributed by atoms with Crippen molar-refractivity contribution in [3.8, 4) is 39.6 Å². The molecule has 7 aromatic carbocycles. The lowest BCUT2D eigenvalue weighted by molar-refractivity contribution is 0.668. The number of nitrogens with zero attached hydrogens (tertiary/aromatic N) is 4. The molecule has 244 valence electrons. The molecule has 11 rings (SSSR count). The number of hydrogen-bond acceptors (Lipinski definition) is 5. The summed E-state index contributed by atoms with van der Waals surface area (Å²) in [5.74, 6) is 0.939. The molecular formula is C45H25ClN4O2. The van der Waals surface area contributed by atoms with Gasteiger partial charge in [-0.25, -0.2) is 4.98 Å². The summed E-state index contributed by atoms with van der Waals surface area (Å²) in [6.45, 7) is 0. The van der Waals surface area contributed by atoms with Crippen molar-refractivity contribution in [2.75, 3.05) is 0 Å². The molecular weight excluding hydrogens is 664 g/mol. The molecule has 0 aliphatic carbocycles. The highest BCUT2D eigenvalue weighted by Gasteiger charge is 2.20. The van der Waals surface area contributed by atoms with E-state index in [1.54, 1.807) is 0 Å². The van der Waals surface area contributed by atoms with Gasteiger partial charge in [0.25, 0.3) is 0 Å². The Morgan fingerprint density at radius 2 is 0.981 bits per heavy atom. The number of furan rings is 2. The van der Waals surface area contributed by atoms with Crippen LogP contribution in [0.1, 0.15) is 0 Å². The van der Waals surface area contributed by atoms with E-state index >= 15 is 0 Å². The minimum atomic E-state index is 0.110. The zero-order valence-electron chi connectivity index (χ0n) is 27.4. The van der Waals surface area contributed by atoms with Gasteiger partial charge in [-0.15, -0.1) is 0 Å². The van der Waals surface area contributed by atoms with Gasteiger partial charge in [0.15, 0.2) is 11.6 Å². The fourth-order valence-corrected chi connectivity index (χ4v) is 7.91. The number of fused-ring (bicyclic) bond motifs is 9. The first-order valence-corrected chi connectivity index (χ1v) is 17.4. The molecule has 4 heterocycles. The molecule has 0 unspecified atom stereocenters. The lowest BCUT2D eigenvalue weighted by Crippen LogP contribution is -1.98. The monoisotopic (exact) mass is 688 g/mol. The summed E-state index contributed by atoms with van der Waals surface area (Å²) in [7, 11) is 0. The van der Waals surface area contributed by atoms with Crippen LogP contribution in [-0.4, -0.2) is 19.5 Å². The van der Waals surface area contributed by atoms with E-state index in [0.29, 0.717) is 11.6 Å². The standard InChI is InChI=1S/C45H25ClN4O2/c46-45-48-43(31-14-8-18-39-41(31)30-13-5-7-17-37(30)51-39)47-44(49-45)32-15-9-19-40-42(32)34-25-27(21-23-38(34)52-40)26-20-22-36-33(24-26)29-12-4-6-16-35(29)50(36)28-10-2-1-3-11-28/h1-25H. The van der Waals surface area contributed by atoms with E-state index in [1.807, 2.05) is 72.8 Å². The van der Waals surface area contributed by atoms with Crippen LogP contribution in [0.15, 0.2) is 160 Å². The number of aromatic nitrogens is 4. The van der Waals surface area contributed by atoms with Crippen molar-refractivity contribution in [2.45, 2.75) is 0 Å². The molecule has 0 amide bonds. The fraction of sp³-hybridized carbons (Fsp3) is 0. The maximum absolute atomic E-state index is 6.66. The van der Waals surface area contributed by atoms with E-state index in [1.165, 1.54) is 16.3 Å². The number of benzene rings is 7. The van der Waals surface area contributed by atoms with E-state index in [4.69, 9.17) is 25.4 Å². The first-order chi connectivity index (χ1) is 25.7. The van der Waals surface area contributed by atoms with E-state index < -0.39 is 0 Å². The van der Waals surface area contributed by atoms with Gasteiger partial charge >= 0.3 is 0 Å². The largest absolute Gasteiger partial charge is 0.456 e. The van der Waals surface area contributed by atoms with Crippen LogP contribution in [0.5, 0.6) is 0 Å². The molecule has 11 aromatic rings. The van der Waals surface area contributed by atoms with Crippen molar-refractivity contribution in [2.24, 2.45) is 0 Å². The van der Waals surface area contributed by atoms with Gasteiger partial charge in [0.05, 0.1) is 11.0 Å². The zero-order valence-corrected chi connectivity index (χ0v) is 28.2. The average molecular weight is 689 g/mol. The Balaban J connectivity index is 1.08.